The predicted molar refractivity (Wildman–Crippen MR) is 110 cm³/mol. The highest BCUT2D eigenvalue weighted by molar-refractivity contribution is 5.05. The number of unbranched alkanes of at least 4 members (excludes halogenated alkanes) is 8. The van der Waals surface area contributed by atoms with E-state index >= 15 is 0 Å². The standard InChI is InChI=1S/C24H43NO/c1-2-3-4-5-6-7-8-9-13-20-26-24(21-25)18-16-23(17-19-24)22-14-11-10-12-15-22/h22-23H,2-20H2,1H3. The van der Waals surface area contributed by atoms with Crippen LogP contribution in [0.1, 0.15) is 122 Å². The van der Waals surface area contributed by atoms with E-state index < -0.39 is 5.60 Å². The molecule has 0 heterocycles. The zero-order chi connectivity index (χ0) is 18.5. The van der Waals surface area contributed by atoms with E-state index in [0.29, 0.717) is 0 Å². The minimum atomic E-state index is -0.453. The van der Waals surface area contributed by atoms with Crippen LogP contribution in [0.15, 0.2) is 0 Å². The second kappa shape index (κ2) is 12.8. The van der Waals surface area contributed by atoms with Crippen LogP contribution in [0.25, 0.3) is 0 Å². The van der Waals surface area contributed by atoms with E-state index in [2.05, 4.69) is 13.0 Å². The van der Waals surface area contributed by atoms with Crippen LogP contribution in [-0.4, -0.2) is 12.2 Å². The maximum Gasteiger partial charge on any atom is 0.154 e. The van der Waals surface area contributed by atoms with E-state index in [1.807, 2.05) is 0 Å². The molecule has 150 valence electrons. The van der Waals surface area contributed by atoms with Gasteiger partial charge in [0.15, 0.2) is 5.60 Å². The fraction of sp³-hybridized carbons (Fsp3) is 0.958. The van der Waals surface area contributed by atoms with Crippen LogP contribution in [0.5, 0.6) is 0 Å². The summed E-state index contributed by atoms with van der Waals surface area (Å²) in [6.45, 7) is 3.06. The van der Waals surface area contributed by atoms with E-state index in [1.54, 1.807) is 0 Å². The quantitative estimate of drug-likeness (QED) is 0.336. The van der Waals surface area contributed by atoms with Gasteiger partial charge in [-0.2, -0.15) is 5.26 Å². The van der Waals surface area contributed by atoms with Gasteiger partial charge in [-0.1, -0.05) is 90.4 Å². The first kappa shape index (κ1) is 21.7. The van der Waals surface area contributed by atoms with Gasteiger partial charge >= 0.3 is 0 Å². The van der Waals surface area contributed by atoms with Gasteiger partial charge in [0.05, 0.1) is 6.07 Å². The summed E-state index contributed by atoms with van der Waals surface area (Å²) in [5.74, 6) is 1.81. The van der Waals surface area contributed by atoms with Gasteiger partial charge in [-0.15, -0.1) is 0 Å². The van der Waals surface area contributed by atoms with E-state index in [-0.39, 0.29) is 0 Å². The smallest absolute Gasteiger partial charge is 0.154 e. The van der Waals surface area contributed by atoms with Crippen molar-refractivity contribution in [1.29, 1.82) is 5.26 Å². The molecule has 0 unspecified atom stereocenters. The van der Waals surface area contributed by atoms with Crippen molar-refractivity contribution in [2.45, 2.75) is 128 Å². The molecule has 2 rings (SSSR count). The summed E-state index contributed by atoms with van der Waals surface area (Å²) in [7, 11) is 0. The predicted octanol–water partition coefficient (Wildman–Crippen LogP) is 7.57. The van der Waals surface area contributed by atoms with Crippen molar-refractivity contribution in [3.8, 4) is 6.07 Å². The molecule has 0 atom stereocenters. The molecule has 2 saturated carbocycles. The van der Waals surface area contributed by atoms with Crippen molar-refractivity contribution >= 4 is 0 Å². The van der Waals surface area contributed by atoms with Gasteiger partial charge in [-0.25, -0.2) is 0 Å². The minimum absolute atomic E-state index is 0.453. The van der Waals surface area contributed by atoms with Gasteiger partial charge in [0, 0.05) is 6.61 Å². The van der Waals surface area contributed by atoms with E-state index in [1.165, 1.54) is 96.3 Å². The summed E-state index contributed by atoms with van der Waals surface area (Å²) in [5.41, 5.74) is -0.453. The third-order valence-electron chi connectivity index (χ3n) is 6.98. The molecule has 26 heavy (non-hydrogen) atoms. The number of hydrogen-bond acceptors (Lipinski definition) is 2. The second-order valence-corrected chi connectivity index (χ2v) is 9.02. The van der Waals surface area contributed by atoms with Crippen LogP contribution < -0.4 is 0 Å². The molecule has 2 fully saturated rings. The summed E-state index contributed by atoms with van der Waals surface area (Å²) in [4.78, 5) is 0. The van der Waals surface area contributed by atoms with Crippen LogP contribution in [-0.2, 0) is 4.74 Å². The maximum absolute atomic E-state index is 9.71. The Kier molecular flexibility index (Phi) is 10.7. The van der Waals surface area contributed by atoms with Gasteiger partial charge in [0.25, 0.3) is 0 Å². The minimum Gasteiger partial charge on any atom is -0.360 e. The zero-order valence-electron chi connectivity index (χ0n) is 17.4. The molecule has 0 radical (unpaired) electrons. The average Bonchev–Trinajstić information content (AvgIpc) is 2.70. The van der Waals surface area contributed by atoms with Gasteiger partial charge in [-0.3, -0.25) is 0 Å². The molecular weight excluding hydrogens is 318 g/mol. The van der Waals surface area contributed by atoms with Crippen molar-refractivity contribution in [3.63, 3.8) is 0 Å². The summed E-state index contributed by atoms with van der Waals surface area (Å²) in [6, 6.07) is 2.55. The summed E-state index contributed by atoms with van der Waals surface area (Å²) in [6.07, 6.45) is 23.6. The summed E-state index contributed by atoms with van der Waals surface area (Å²) >= 11 is 0. The van der Waals surface area contributed by atoms with E-state index in [9.17, 15) is 5.26 Å². The normalized spacial score (nSPS) is 27.3. The zero-order valence-corrected chi connectivity index (χ0v) is 17.4. The highest BCUT2D eigenvalue weighted by Crippen LogP contribution is 2.42. The van der Waals surface area contributed by atoms with Crippen molar-refractivity contribution in [3.05, 3.63) is 0 Å². The molecule has 0 aliphatic heterocycles. The Morgan fingerprint density at radius 1 is 0.769 bits per heavy atom. The van der Waals surface area contributed by atoms with Crippen LogP contribution in [0.3, 0.4) is 0 Å². The fourth-order valence-electron chi connectivity index (χ4n) is 5.15. The first-order valence-corrected chi connectivity index (χ1v) is 11.8. The van der Waals surface area contributed by atoms with Gasteiger partial charge in [0.2, 0.25) is 0 Å². The molecule has 0 aromatic carbocycles. The van der Waals surface area contributed by atoms with Gasteiger partial charge < -0.3 is 4.74 Å². The lowest BCUT2D eigenvalue weighted by Gasteiger charge is -2.39. The fourth-order valence-corrected chi connectivity index (χ4v) is 5.15. The number of rotatable bonds is 12. The number of nitrogens with zero attached hydrogens (tertiary/aromatic N) is 1. The summed E-state index contributed by atoms with van der Waals surface area (Å²) < 4.78 is 6.15. The van der Waals surface area contributed by atoms with Crippen molar-refractivity contribution in [1.82, 2.24) is 0 Å². The molecule has 2 nitrogen and oxygen atoms in total. The molecule has 0 N–H and O–H groups in total. The average molecular weight is 362 g/mol. The largest absolute Gasteiger partial charge is 0.360 e. The van der Waals surface area contributed by atoms with Crippen LogP contribution >= 0.6 is 0 Å². The SMILES string of the molecule is CCCCCCCCCCCOC1(C#N)CCC(C2CCCCC2)CC1. The molecule has 0 spiro atoms. The van der Waals surface area contributed by atoms with Crippen LogP contribution in [0.4, 0.5) is 0 Å². The van der Waals surface area contributed by atoms with E-state index in [0.717, 1.165) is 37.7 Å². The molecule has 0 amide bonds. The van der Waals surface area contributed by atoms with Crippen LogP contribution in [0.2, 0.25) is 0 Å². The molecule has 0 aromatic rings. The molecule has 0 saturated heterocycles. The highest BCUT2D eigenvalue weighted by Gasteiger charge is 2.38. The van der Waals surface area contributed by atoms with Gasteiger partial charge in [0.1, 0.15) is 0 Å². The van der Waals surface area contributed by atoms with Crippen LogP contribution in [0, 0.1) is 23.2 Å². The molecule has 0 bridgehead atoms. The topological polar surface area (TPSA) is 33.0 Å². The molecule has 2 aliphatic rings. The van der Waals surface area contributed by atoms with Gasteiger partial charge in [-0.05, 0) is 43.9 Å². The van der Waals surface area contributed by atoms with E-state index in [4.69, 9.17) is 4.74 Å². The van der Waals surface area contributed by atoms with Crippen molar-refractivity contribution in [2.24, 2.45) is 11.8 Å². The van der Waals surface area contributed by atoms with Crippen molar-refractivity contribution < 1.29 is 4.74 Å². The Hall–Kier alpha value is -0.550. The Balaban J connectivity index is 1.53. The molecular formula is C24H43NO. The third-order valence-corrected chi connectivity index (χ3v) is 6.98. The molecule has 2 aliphatic carbocycles. The Morgan fingerprint density at radius 2 is 1.31 bits per heavy atom. The monoisotopic (exact) mass is 361 g/mol. The lowest BCUT2D eigenvalue weighted by Crippen LogP contribution is -2.38. The lowest BCUT2D eigenvalue weighted by molar-refractivity contribution is -0.0448. The lowest BCUT2D eigenvalue weighted by atomic mass is 9.70. The molecule has 0 aromatic heterocycles. The highest BCUT2D eigenvalue weighted by atomic mass is 16.5. The Morgan fingerprint density at radius 3 is 1.88 bits per heavy atom. The number of ether oxygens (including phenoxy) is 1. The Labute approximate surface area is 163 Å². The number of hydrogen-bond donors (Lipinski definition) is 0. The maximum atomic E-state index is 9.71. The third kappa shape index (κ3) is 7.59. The number of nitriles is 1. The first-order chi connectivity index (χ1) is 12.8. The Bertz CT molecular complexity index is 386. The molecule has 2 heteroatoms. The summed E-state index contributed by atoms with van der Waals surface area (Å²) in [5, 5.41) is 9.71. The van der Waals surface area contributed by atoms with Crippen molar-refractivity contribution in [2.75, 3.05) is 6.61 Å². The second-order valence-electron chi connectivity index (χ2n) is 9.02. The first-order valence-electron chi connectivity index (χ1n) is 11.8.